The predicted molar refractivity (Wildman–Crippen MR) is 72.1 cm³/mol. The van der Waals surface area contributed by atoms with Gasteiger partial charge < -0.3 is 15.1 Å². The first kappa shape index (κ1) is 13.8. The van der Waals surface area contributed by atoms with Crippen molar-refractivity contribution in [3.05, 3.63) is 47.5 Å². The maximum Gasteiger partial charge on any atom is 0.249 e. The molecular weight excluding hydrogens is 242 g/mol. The monoisotopic (exact) mass is 261 g/mol. The number of nitrogens with zero attached hydrogens (tertiary/aromatic N) is 1. The topological polar surface area (TPSA) is 60.8 Å². The first-order chi connectivity index (χ1) is 9.19. The van der Waals surface area contributed by atoms with Crippen molar-refractivity contribution in [2.24, 2.45) is 0 Å². The van der Waals surface area contributed by atoms with Gasteiger partial charge in [0, 0.05) is 6.08 Å². The van der Waals surface area contributed by atoms with Crippen LogP contribution in [0.1, 0.15) is 31.4 Å². The lowest BCUT2D eigenvalue weighted by Gasteiger charge is -2.31. The highest BCUT2D eigenvalue weighted by molar-refractivity contribution is 5.92. The van der Waals surface area contributed by atoms with Gasteiger partial charge in [0.2, 0.25) is 5.91 Å². The summed E-state index contributed by atoms with van der Waals surface area (Å²) in [5, 5.41) is 19.8. The summed E-state index contributed by atoms with van der Waals surface area (Å²) >= 11 is 0. The molecule has 4 nitrogen and oxygen atoms in total. The van der Waals surface area contributed by atoms with Crippen LogP contribution in [0.5, 0.6) is 0 Å². The number of rotatable bonds is 5. The van der Waals surface area contributed by atoms with Crippen LogP contribution in [0, 0.1) is 0 Å². The third-order valence-electron chi connectivity index (χ3n) is 3.39. The van der Waals surface area contributed by atoms with Crippen LogP contribution in [0.3, 0.4) is 0 Å². The molecule has 4 heteroatoms. The fourth-order valence-corrected chi connectivity index (χ4v) is 2.45. The van der Waals surface area contributed by atoms with Crippen molar-refractivity contribution in [1.82, 2.24) is 4.90 Å². The highest BCUT2D eigenvalue weighted by Crippen LogP contribution is 2.30. The van der Waals surface area contributed by atoms with Crippen LogP contribution < -0.4 is 0 Å². The lowest BCUT2D eigenvalue weighted by molar-refractivity contribution is -0.136. The third-order valence-corrected chi connectivity index (χ3v) is 3.39. The van der Waals surface area contributed by atoms with Gasteiger partial charge in [-0.25, -0.2) is 0 Å². The zero-order valence-electron chi connectivity index (χ0n) is 11.0. The van der Waals surface area contributed by atoms with Crippen LogP contribution in [0.2, 0.25) is 0 Å². The Morgan fingerprint density at radius 2 is 2.00 bits per heavy atom. The highest BCUT2D eigenvalue weighted by Gasteiger charge is 2.36. The third kappa shape index (κ3) is 2.69. The second-order valence-corrected chi connectivity index (χ2v) is 4.70. The Bertz CT molecular complexity index is 470. The van der Waals surface area contributed by atoms with Gasteiger partial charge in [-0.3, -0.25) is 4.79 Å². The number of carbonyl (C=O) groups excluding carboxylic acids is 1. The molecule has 0 bridgehead atoms. The molecule has 102 valence electrons. The van der Waals surface area contributed by atoms with Crippen molar-refractivity contribution in [1.29, 1.82) is 0 Å². The SMILES string of the molecule is CCCC1=CC(=O)N([C@H](CO)c2ccccc2)[C@@H]1O. The number of hydrogen-bond donors (Lipinski definition) is 2. The van der Waals surface area contributed by atoms with Gasteiger partial charge in [-0.15, -0.1) is 0 Å². The maximum atomic E-state index is 12.0. The first-order valence-electron chi connectivity index (χ1n) is 6.55. The van der Waals surface area contributed by atoms with E-state index in [1.165, 1.54) is 11.0 Å². The number of benzene rings is 1. The lowest BCUT2D eigenvalue weighted by atomic mass is 10.1. The van der Waals surface area contributed by atoms with Crippen molar-refractivity contribution in [3.8, 4) is 0 Å². The number of carbonyl (C=O) groups is 1. The van der Waals surface area contributed by atoms with Crippen molar-refractivity contribution in [2.75, 3.05) is 6.61 Å². The summed E-state index contributed by atoms with van der Waals surface area (Å²) in [6, 6.07) is 8.77. The highest BCUT2D eigenvalue weighted by atomic mass is 16.3. The summed E-state index contributed by atoms with van der Waals surface area (Å²) in [6.07, 6.45) is 2.12. The molecule has 2 N–H and O–H groups in total. The first-order valence-corrected chi connectivity index (χ1v) is 6.55. The molecule has 2 atom stereocenters. The largest absolute Gasteiger partial charge is 0.394 e. The van der Waals surface area contributed by atoms with Crippen LogP contribution in [0.4, 0.5) is 0 Å². The van der Waals surface area contributed by atoms with Crippen LogP contribution in [-0.4, -0.2) is 33.9 Å². The van der Waals surface area contributed by atoms with Crippen molar-refractivity contribution < 1.29 is 15.0 Å². The minimum Gasteiger partial charge on any atom is -0.394 e. The Hall–Kier alpha value is -1.65. The molecule has 2 rings (SSSR count). The fraction of sp³-hybridized carbons (Fsp3) is 0.400. The molecule has 1 amide bonds. The summed E-state index contributed by atoms with van der Waals surface area (Å²) in [5.74, 6) is -0.237. The van der Waals surface area contributed by atoms with Gasteiger partial charge >= 0.3 is 0 Å². The van der Waals surface area contributed by atoms with E-state index in [2.05, 4.69) is 0 Å². The Morgan fingerprint density at radius 3 is 2.58 bits per heavy atom. The van der Waals surface area contributed by atoms with Crippen LogP contribution >= 0.6 is 0 Å². The molecule has 1 aromatic rings. The summed E-state index contributed by atoms with van der Waals surface area (Å²) in [4.78, 5) is 13.4. The van der Waals surface area contributed by atoms with Crippen LogP contribution in [0.25, 0.3) is 0 Å². The molecule has 0 aliphatic carbocycles. The molecule has 0 radical (unpaired) electrons. The van der Waals surface area contributed by atoms with Crippen LogP contribution in [0.15, 0.2) is 42.0 Å². The second kappa shape index (κ2) is 5.99. The zero-order valence-corrected chi connectivity index (χ0v) is 11.0. The normalized spacial score (nSPS) is 20.6. The summed E-state index contributed by atoms with van der Waals surface area (Å²) in [5.41, 5.74) is 1.55. The van der Waals surface area contributed by atoms with Gasteiger partial charge in [0.05, 0.1) is 12.6 Å². The van der Waals surface area contributed by atoms with E-state index < -0.39 is 12.3 Å². The minimum atomic E-state index is -0.926. The number of aliphatic hydroxyl groups is 2. The molecule has 0 saturated carbocycles. The molecule has 1 aliphatic heterocycles. The van der Waals surface area contributed by atoms with Crippen LogP contribution in [-0.2, 0) is 4.79 Å². The van der Waals surface area contributed by atoms with Gasteiger partial charge in [-0.1, -0.05) is 43.7 Å². The van der Waals surface area contributed by atoms with E-state index in [9.17, 15) is 15.0 Å². The van der Waals surface area contributed by atoms with Crippen molar-refractivity contribution in [2.45, 2.75) is 32.0 Å². The maximum absolute atomic E-state index is 12.0. The Balaban J connectivity index is 2.24. The molecular formula is C15H19NO3. The summed E-state index contributed by atoms with van der Waals surface area (Å²) in [7, 11) is 0. The van der Waals surface area contributed by atoms with Gasteiger partial charge in [0.15, 0.2) is 6.23 Å². The van der Waals surface area contributed by atoms with E-state index in [-0.39, 0.29) is 12.5 Å². The Morgan fingerprint density at radius 1 is 1.32 bits per heavy atom. The van der Waals surface area contributed by atoms with E-state index >= 15 is 0 Å². The number of hydrogen-bond acceptors (Lipinski definition) is 3. The standard InChI is InChI=1S/C15H19NO3/c1-2-6-12-9-14(18)16(15(12)19)13(10-17)11-7-4-3-5-8-11/h3-5,7-9,13,15,17,19H,2,6,10H2,1H3/t13-,15-/m1/s1. The van der Waals surface area contributed by atoms with Gasteiger partial charge in [0.25, 0.3) is 0 Å². The molecule has 1 aliphatic rings. The molecule has 0 aromatic heterocycles. The van der Waals surface area contributed by atoms with Crippen molar-refractivity contribution in [3.63, 3.8) is 0 Å². The number of amides is 1. The molecule has 0 unspecified atom stereocenters. The van der Waals surface area contributed by atoms with Gasteiger partial charge in [-0.05, 0) is 17.6 Å². The van der Waals surface area contributed by atoms with Crippen molar-refractivity contribution >= 4 is 5.91 Å². The second-order valence-electron chi connectivity index (χ2n) is 4.70. The molecule has 1 heterocycles. The Kier molecular flexibility index (Phi) is 4.35. The molecule has 19 heavy (non-hydrogen) atoms. The van der Waals surface area contributed by atoms with Gasteiger partial charge in [0.1, 0.15) is 0 Å². The molecule has 0 spiro atoms. The minimum absolute atomic E-state index is 0.208. The van der Waals surface area contributed by atoms with E-state index in [0.29, 0.717) is 6.42 Å². The summed E-state index contributed by atoms with van der Waals surface area (Å²) in [6.45, 7) is 1.79. The smallest absolute Gasteiger partial charge is 0.249 e. The molecule has 0 saturated heterocycles. The Labute approximate surface area is 113 Å². The molecule has 0 fully saturated rings. The zero-order chi connectivity index (χ0) is 13.8. The number of aliphatic hydroxyl groups excluding tert-OH is 2. The molecule has 1 aromatic carbocycles. The average Bonchev–Trinajstić information content (AvgIpc) is 2.69. The van der Waals surface area contributed by atoms with E-state index in [4.69, 9.17) is 0 Å². The predicted octanol–water partition coefficient (Wildman–Crippen LogP) is 1.61. The van der Waals surface area contributed by atoms with E-state index in [0.717, 1.165) is 17.6 Å². The summed E-state index contributed by atoms with van der Waals surface area (Å²) < 4.78 is 0. The fourth-order valence-electron chi connectivity index (χ4n) is 2.45. The average molecular weight is 261 g/mol. The van der Waals surface area contributed by atoms with E-state index in [1.54, 1.807) is 0 Å². The quantitative estimate of drug-likeness (QED) is 0.846. The lowest BCUT2D eigenvalue weighted by Crippen LogP contribution is -2.40. The van der Waals surface area contributed by atoms with Gasteiger partial charge in [-0.2, -0.15) is 0 Å². The van der Waals surface area contributed by atoms with E-state index in [1.807, 2.05) is 37.3 Å².